The van der Waals surface area contributed by atoms with Crippen LogP contribution in [0.15, 0.2) is 47.8 Å². The molecule has 0 bridgehead atoms. The van der Waals surface area contributed by atoms with Crippen molar-refractivity contribution in [1.82, 2.24) is 0 Å². The Morgan fingerprint density at radius 3 is 2.81 bits per heavy atom. The van der Waals surface area contributed by atoms with E-state index in [0.717, 1.165) is 16.0 Å². The van der Waals surface area contributed by atoms with Gasteiger partial charge in [-0.2, -0.15) is 0 Å². The summed E-state index contributed by atoms with van der Waals surface area (Å²) < 4.78 is 25.1. The largest absolute Gasteiger partial charge is 0.454 e. The minimum Gasteiger partial charge on any atom is -0.454 e. The van der Waals surface area contributed by atoms with E-state index < -0.39 is 0 Å². The lowest BCUT2D eigenvalue weighted by Gasteiger charge is -2.24. The number of rotatable bonds is 2. The molecular formula is C20H14FNO3S. The lowest BCUT2D eigenvalue weighted by Crippen LogP contribution is -2.22. The molecule has 1 atom stereocenters. The lowest BCUT2D eigenvalue weighted by molar-refractivity contribution is -0.116. The predicted octanol–water partition coefficient (Wildman–Crippen LogP) is 4.76. The molecule has 3 heterocycles. The van der Waals surface area contributed by atoms with Gasteiger partial charge in [0.1, 0.15) is 5.82 Å². The minimum absolute atomic E-state index is 0.0730. The second-order valence-corrected chi connectivity index (χ2v) is 7.20. The van der Waals surface area contributed by atoms with E-state index in [9.17, 15) is 9.18 Å². The van der Waals surface area contributed by atoms with Gasteiger partial charge in [0.05, 0.1) is 5.69 Å². The maximum Gasteiger partial charge on any atom is 0.231 e. The molecule has 6 heteroatoms. The summed E-state index contributed by atoms with van der Waals surface area (Å²) in [7, 11) is 0. The summed E-state index contributed by atoms with van der Waals surface area (Å²) >= 11 is 1.54. The van der Waals surface area contributed by atoms with Crippen LogP contribution in [0.25, 0.3) is 11.1 Å². The van der Waals surface area contributed by atoms with Crippen molar-refractivity contribution >= 4 is 22.9 Å². The standard InChI is InChI=1S/C20H14FNO3S/c21-15-4-2-1-3-12(15)14-9-26-20-13(8-18(23)22-19(14)20)11-5-6-16-17(7-11)25-10-24-16/h1-7,9,13H,8,10H2,(H,22,23)/t13-/m0/s1. The van der Waals surface area contributed by atoms with Gasteiger partial charge < -0.3 is 14.8 Å². The second kappa shape index (κ2) is 5.85. The number of ether oxygens (including phenoxy) is 2. The van der Waals surface area contributed by atoms with Crippen molar-refractivity contribution < 1.29 is 18.7 Å². The van der Waals surface area contributed by atoms with Gasteiger partial charge in [-0.3, -0.25) is 4.79 Å². The normalized spacial score (nSPS) is 17.7. The third-order valence-electron chi connectivity index (χ3n) is 4.75. The maximum absolute atomic E-state index is 14.3. The molecule has 0 unspecified atom stereocenters. The Hall–Kier alpha value is -2.86. The van der Waals surface area contributed by atoms with Crippen molar-refractivity contribution in [2.24, 2.45) is 0 Å². The summed E-state index contributed by atoms with van der Waals surface area (Å²) in [5.41, 5.74) is 2.92. The van der Waals surface area contributed by atoms with Crippen LogP contribution < -0.4 is 14.8 Å². The van der Waals surface area contributed by atoms with Crippen LogP contribution >= 0.6 is 11.3 Å². The summed E-state index contributed by atoms with van der Waals surface area (Å²) in [6.07, 6.45) is 0.351. The highest BCUT2D eigenvalue weighted by atomic mass is 32.1. The van der Waals surface area contributed by atoms with Gasteiger partial charge in [-0.15, -0.1) is 11.3 Å². The zero-order valence-electron chi connectivity index (χ0n) is 13.6. The zero-order valence-corrected chi connectivity index (χ0v) is 14.4. The quantitative estimate of drug-likeness (QED) is 0.711. The average Bonchev–Trinajstić information content (AvgIpc) is 3.27. The van der Waals surface area contributed by atoms with Gasteiger partial charge in [0.2, 0.25) is 12.7 Å². The first-order chi connectivity index (χ1) is 12.7. The molecule has 0 aliphatic carbocycles. The number of carbonyl (C=O) groups excluding carboxylic acids is 1. The highest BCUT2D eigenvalue weighted by Gasteiger charge is 2.31. The van der Waals surface area contributed by atoms with Crippen molar-refractivity contribution in [3.63, 3.8) is 0 Å². The van der Waals surface area contributed by atoms with Crippen LogP contribution in [0.4, 0.5) is 10.1 Å². The van der Waals surface area contributed by atoms with Crippen LogP contribution in [-0.2, 0) is 4.79 Å². The molecule has 4 nitrogen and oxygen atoms in total. The second-order valence-electron chi connectivity index (χ2n) is 6.29. The van der Waals surface area contributed by atoms with Crippen molar-refractivity contribution in [3.8, 4) is 22.6 Å². The van der Waals surface area contributed by atoms with E-state index >= 15 is 0 Å². The number of halogens is 1. The highest BCUT2D eigenvalue weighted by molar-refractivity contribution is 7.11. The number of hydrogen-bond donors (Lipinski definition) is 1. The van der Waals surface area contributed by atoms with Crippen molar-refractivity contribution in [1.29, 1.82) is 0 Å². The van der Waals surface area contributed by atoms with Crippen LogP contribution in [0.3, 0.4) is 0 Å². The molecule has 26 heavy (non-hydrogen) atoms. The Kier molecular flexibility index (Phi) is 3.46. The third-order valence-corrected chi connectivity index (χ3v) is 5.85. The first-order valence-corrected chi connectivity index (χ1v) is 9.14. The summed E-state index contributed by atoms with van der Waals surface area (Å²) in [4.78, 5) is 13.4. The van der Waals surface area contributed by atoms with Crippen molar-refractivity contribution in [2.45, 2.75) is 12.3 Å². The van der Waals surface area contributed by atoms with Crippen LogP contribution in [0.2, 0.25) is 0 Å². The van der Waals surface area contributed by atoms with Gasteiger partial charge >= 0.3 is 0 Å². The monoisotopic (exact) mass is 367 g/mol. The Morgan fingerprint density at radius 1 is 1.08 bits per heavy atom. The van der Waals surface area contributed by atoms with Gasteiger partial charge in [-0.1, -0.05) is 24.3 Å². The fraction of sp³-hybridized carbons (Fsp3) is 0.150. The molecule has 0 spiro atoms. The minimum atomic E-state index is -0.299. The van der Waals surface area contributed by atoms with E-state index in [-0.39, 0.29) is 24.4 Å². The fourth-order valence-electron chi connectivity index (χ4n) is 3.50. The molecule has 1 aromatic heterocycles. The molecule has 0 saturated heterocycles. The highest BCUT2D eigenvalue weighted by Crippen LogP contribution is 2.48. The molecule has 2 aliphatic rings. The Balaban J connectivity index is 1.62. The number of thiophene rings is 1. The van der Waals surface area contributed by atoms with Gasteiger partial charge in [0, 0.05) is 33.7 Å². The number of fused-ring (bicyclic) bond motifs is 2. The number of benzene rings is 2. The topological polar surface area (TPSA) is 47.6 Å². The maximum atomic E-state index is 14.3. The third kappa shape index (κ3) is 2.37. The summed E-state index contributed by atoms with van der Waals surface area (Å²) in [5, 5.41) is 4.85. The van der Waals surface area contributed by atoms with Gasteiger partial charge in [-0.05, 0) is 23.8 Å². The van der Waals surface area contributed by atoms with Crippen LogP contribution in [0, 0.1) is 5.82 Å². The summed E-state index contributed by atoms with van der Waals surface area (Å²) in [6.45, 7) is 0.214. The first-order valence-electron chi connectivity index (χ1n) is 8.26. The SMILES string of the molecule is O=C1C[C@@H](c2ccc3c(c2)OCO3)c2scc(-c3ccccc3F)c2N1. The van der Waals surface area contributed by atoms with Crippen LogP contribution in [0.5, 0.6) is 11.5 Å². The van der Waals surface area contributed by atoms with E-state index in [1.54, 1.807) is 29.5 Å². The molecule has 2 aromatic carbocycles. The van der Waals surface area contributed by atoms with E-state index in [1.165, 1.54) is 6.07 Å². The van der Waals surface area contributed by atoms with Crippen LogP contribution in [-0.4, -0.2) is 12.7 Å². The fourth-order valence-corrected chi connectivity index (χ4v) is 4.66. The number of carbonyl (C=O) groups is 1. The van der Waals surface area contributed by atoms with Crippen molar-refractivity contribution in [2.75, 3.05) is 12.1 Å². The molecule has 3 aromatic rings. The summed E-state index contributed by atoms with van der Waals surface area (Å²) in [5.74, 6) is 0.954. The van der Waals surface area contributed by atoms with E-state index in [2.05, 4.69) is 5.32 Å². The predicted molar refractivity (Wildman–Crippen MR) is 97.4 cm³/mol. The molecule has 0 radical (unpaired) electrons. The molecule has 130 valence electrons. The summed E-state index contributed by atoms with van der Waals surface area (Å²) in [6, 6.07) is 12.4. The Morgan fingerprint density at radius 2 is 1.92 bits per heavy atom. The molecule has 2 aliphatic heterocycles. The van der Waals surface area contributed by atoms with Gasteiger partial charge in [0.15, 0.2) is 11.5 Å². The van der Waals surface area contributed by atoms with E-state index in [0.29, 0.717) is 29.2 Å². The zero-order chi connectivity index (χ0) is 17.7. The van der Waals surface area contributed by atoms with E-state index in [1.807, 2.05) is 23.6 Å². The molecule has 0 fully saturated rings. The smallest absolute Gasteiger partial charge is 0.231 e. The van der Waals surface area contributed by atoms with Gasteiger partial charge in [-0.25, -0.2) is 4.39 Å². The van der Waals surface area contributed by atoms with Gasteiger partial charge in [0.25, 0.3) is 0 Å². The first kappa shape index (κ1) is 15.4. The molecule has 5 rings (SSSR count). The molecule has 1 N–H and O–H groups in total. The molecule has 0 saturated carbocycles. The number of amides is 1. The number of hydrogen-bond acceptors (Lipinski definition) is 4. The Labute approximate surface area is 153 Å². The molecule has 1 amide bonds. The Bertz CT molecular complexity index is 1030. The van der Waals surface area contributed by atoms with Crippen LogP contribution in [0.1, 0.15) is 22.8 Å². The number of anilines is 1. The number of nitrogens with one attached hydrogen (secondary N) is 1. The lowest BCUT2D eigenvalue weighted by atomic mass is 9.89. The average molecular weight is 367 g/mol. The molecular weight excluding hydrogens is 353 g/mol. The van der Waals surface area contributed by atoms with E-state index in [4.69, 9.17) is 9.47 Å². The van der Waals surface area contributed by atoms with Crippen molar-refractivity contribution in [3.05, 3.63) is 64.1 Å².